The topological polar surface area (TPSA) is 81.1 Å². The van der Waals surface area contributed by atoms with E-state index < -0.39 is 17.5 Å². The SMILES string of the molecule is COc1ccc(CNc2c(C(=O)Nc3ccc(F)cc3F)cnc3c2c(C)nn3-c2ccccc2)cc1. The van der Waals surface area contributed by atoms with Crippen molar-refractivity contribution in [2.45, 2.75) is 13.5 Å². The number of para-hydroxylation sites is 1. The van der Waals surface area contributed by atoms with E-state index in [9.17, 15) is 13.6 Å². The van der Waals surface area contributed by atoms with E-state index in [0.29, 0.717) is 35.0 Å². The molecule has 0 fully saturated rings. The minimum atomic E-state index is -0.872. The Balaban J connectivity index is 1.58. The van der Waals surface area contributed by atoms with E-state index in [1.807, 2.05) is 61.5 Å². The van der Waals surface area contributed by atoms with Crippen molar-refractivity contribution in [2.75, 3.05) is 17.7 Å². The predicted octanol–water partition coefficient (Wildman–Crippen LogP) is 5.88. The van der Waals surface area contributed by atoms with Crippen LogP contribution in [0.25, 0.3) is 16.7 Å². The van der Waals surface area contributed by atoms with Crippen molar-refractivity contribution in [1.29, 1.82) is 0 Å². The maximum absolute atomic E-state index is 14.3. The largest absolute Gasteiger partial charge is 0.497 e. The molecule has 7 nitrogen and oxygen atoms in total. The molecule has 9 heteroatoms. The second kappa shape index (κ2) is 10.1. The lowest BCUT2D eigenvalue weighted by Gasteiger charge is -2.15. The average molecular weight is 500 g/mol. The summed E-state index contributed by atoms with van der Waals surface area (Å²) in [6, 6.07) is 20.0. The summed E-state index contributed by atoms with van der Waals surface area (Å²) in [5.41, 5.74) is 3.55. The lowest BCUT2D eigenvalue weighted by molar-refractivity contribution is 0.102. The number of amides is 1. The highest BCUT2D eigenvalue weighted by Crippen LogP contribution is 2.32. The number of fused-ring (bicyclic) bond motifs is 1. The van der Waals surface area contributed by atoms with Gasteiger partial charge in [0, 0.05) is 18.8 Å². The van der Waals surface area contributed by atoms with Gasteiger partial charge in [-0.15, -0.1) is 0 Å². The number of aromatic nitrogens is 3. The highest BCUT2D eigenvalue weighted by molar-refractivity contribution is 6.12. The number of nitrogens with zero attached hydrogens (tertiary/aromatic N) is 3. The van der Waals surface area contributed by atoms with E-state index in [1.54, 1.807) is 11.8 Å². The summed E-state index contributed by atoms with van der Waals surface area (Å²) in [4.78, 5) is 17.8. The molecule has 0 radical (unpaired) electrons. The van der Waals surface area contributed by atoms with E-state index in [0.717, 1.165) is 23.1 Å². The third-order valence-corrected chi connectivity index (χ3v) is 5.92. The summed E-state index contributed by atoms with van der Waals surface area (Å²) in [5, 5.41) is 11.2. The molecule has 0 aliphatic heterocycles. The van der Waals surface area contributed by atoms with Crippen molar-refractivity contribution in [3.63, 3.8) is 0 Å². The summed E-state index contributed by atoms with van der Waals surface area (Å²) in [7, 11) is 1.60. The molecule has 2 aromatic heterocycles. The molecule has 186 valence electrons. The van der Waals surface area contributed by atoms with Gasteiger partial charge in [-0.1, -0.05) is 30.3 Å². The molecule has 2 N–H and O–H groups in total. The first kappa shape index (κ1) is 23.9. The van der Waals surface area contributed by atoms with Crippen LogP contribution in [0.5, 0.6) is 5.75 Å². The van der Waals surface area contributed by atoms with Gasteiger partial charge in [0.25, 0.3) is 5.91 Å². The first-order valence-corrected chi connectivity index (χ1v) is 11.5. The standard InChI is InChI=1S/C28H23F2N5O2/c1-17-25-26(31-15-18-8-11-21(37-2)12-9-18)22(28(36)33-24-13-10-19(29)14-23(24)30)16-32-27(25)35(34-17)20-6-4-3-5-7-20/h3-14,16H,15H2,1-2H3,(H,31,32)(H,33,36). The van der Waals surface area contributed by atoms with Crippen LogP contribution in [0.15, 0.2) is 79.0 Å². The average Bonchev–Trinajstić information content (AvgIpc) is 3.26. The minimum absolute atomic E-state index is 0.135. The highest BCUT2D eigenvalue weighted by Gasteiger charge is 2.22. The number of carbonyl (C=O) groups excluding carboxylic acids is 1. The van der Waals surface area contributed by atoms with Crippen molar-refractivity contribution >= 4 is 28.3 Å². The smallest absolute Gasteiger partial charge is 0.259 e. The maximum Gasteiger partial charge on any atom is 0.259 e. The lowest BCUT2D eigenvalue weighted by atomic mass is 10.1. The molecule has 0 aliphatic rings. The van der Waals surface area contributed by atoms with Crippen molar-refractivity contribution in [3.05, 3.63) is 107 Å². The molecule has 0 spiro atoms. The highest BCUT2D eigenvalue weighted by atomic mass is 19.1. The number of ether oxygens (including phenoxy) is 1. The summed E-state index contributed by atoms with van der Waals surface area (Å²) in [6.07, 6.45) is 1.43. The molecule has 0 aliphatic carbocycles. The number of anilines is 2. The normalized spacial score (nSPS) is 10.9. The number of hydrogen-bond acceptors (Lipinski definition) is 5. The first-order valence-electron chi connectivity index (χ1n) is 11.5. The Bertz CT molecular complexity index is 1580. The fourth-order valence-corrected chi connectivity index (χ4v) is 4.07. The zero-order valence-electron chi connectivity index (χ0n) is 20.1. The Morgan fingerprint density at radius 2 is 1.78 bits per heavy atom. The van der Waals surface area contributed by atoms with Gasteiger partial charge in [-0.25, -0.2) is 18.4 Å². The second-order valence-electron chi connectivity index (χ2n) is 8.36. The number of nitrogens with one attached hydrogen (secondary N) is 2. The summed E-state index contributed by atoms with van der Waals surface area (Å²) in [6.45, 7) is 2.23. The predicted molar refractivity (Wildman–Crippen MR) is 138 cm³/mol. The zero-order valence-corrected chi connectivity index (χ0v) is 20.1. The van der Waals surface area contributed by atoms with Crippen molar-refractivity contribution in [1.82, 2.24) is 14.8 Å². The first-order chi connectivity index (χ1) is 17.9. The van der Waals surface area contributed by atoms with Gasteiger partial charge in [-0.2, -0.15) is 5.10 Å². The molecule has 0 bridgehead atoms. The molecule has 37 heavy (non-hydrogen) atoms. The number of methoxy groups -OCH3 is 1. The fourth-order valence-electron chi connectivity index (χ4n) is 4.07. The number of rotatable bonds is 7. The van der Waals surface area contributed by atoms with Crippen LogP contribution in [-0.4, -0.2) is 27.8 Å². The summed E-state index contributed by atoms with van der Waals surface area (Å²) in [5.74, 6) is -1.46. The van der Waals surface area contributed by atoms with Gasteiger partial charge < -0.3 is 15.4 Å². The van der Waals surface area contributed by atoms with Crippen molar-refractivity contribution in [2.24, 2.45) is 0 Å². The molecule has 0 saturated carbocycles. The number of halogens is 2. The summed E-state index contributed by atoms with van der Waals surface area (Å²) >= 11 is 0. The van der Waals surface area contributed by atoms with Gasteiger partial charge in [-0.05, 0) is 48.9 Å². The number of carbonyl (C=O) groups is 1. The van der Waals surface area contributed by atoms with E-state index in [-0.39, 0.29) is 11.3 Å². The van der Waals surface area contributed by atoms with Gasteiger partial charge in [0.05, 0.1) is 40.8 Å². The molecule has 3 aromatic carbocycles. The summed E-state index contributed by atoms with van der Waals surface area (Å²) < 4.78 is 34.6. The molecule has 1 amide bonds. The van der Waals surface area contributed by atoms with Crippen LogP contribution in [-0.2, 0) is 6.54 Å². The van der Waals surface area contributed by atoms with Gasteiger partial charge in [-0.3, -0.25) is 4.79 Å². The van der Waals surface area contributed by atoms with Crippen LogP contribution in [0.1, 0.15) is 21.6 Å². The van der Waals surface area contributed by atoms with Crippen LogP contribution in [0.4, 0.5) is 20.2 Å². The molecule has 2 heterocycles. The van der Waals surface area contributed by atoms with Crippen LogP contribution in [0.3, 0.4) is 0 Å². The van der Waals surface area contributed by atoms with Crippen LogP contribution < -0.4 is 15.4 Å². The molecule has 0 atom stereocenters. The van der Waals surface area contributed by atoms with Gasteiger partial charge >= 0.3 is 0 Å². The molecular formula is C28H23F2N5O2. The molecular weight excluding hydrogens is 476 g/mol. The van der Waals surface area contributed by atoms with Gasteiger partial charge in [0.1, 0.15) is 17.4 Å². The molecule has 0 unspecified atom stereocenters. The van der Waals surface area contributed by atoms with Crippen LogP contribution in [0.2, 0.25) is 0 Å². The van der Waals surface area contributed by atoms with Gasteiger partial charge in [0.15, 0.2) is 5.65 Å². The fraction of sp³-hybridized carbons (Fsp3) is 0.107. The van der Waals surface area contributed by atoms with Crippen LogP contribution >= 0.6 is 0 Å². The van der Waals surface area contributed by atoms with Crippen LogP contribution in [0, 0.1) is 18.6 Å². The van der Waals surface area contributed by atoms with E-state index >= 15 is 0 Å². The third kappa shape index (κ3) is 4.84. The van der Waals surface area contributed by atoms with E-state index in [4.69, 9.17) is 4.74 Å². The molecule has 0 saturated heterocycles. The third-order valence-electron chi connectivity index (χ3n) is 5.92. The quantitative estimate of drug-likeness (QED) is 0.292. The van der Waals surface area contributed by atoms with Gasteiger partial charge in [0.2, 0.25) is 0 Å². The molecule has 5 aromatic rings. The molecule has 5 rings (SSSR count). The van der Waals surface area contributed by atoms with E-state index in [1.165, 1.54) is 12.3 Å². The number of benzene rings is 3. The minimum Gasteiger partial charge on any atom is -0.497 e. The maximum atomic E-state index is 14.3. The van der Waals surface area contributed by atoms with Crippen molar-refractivity contribution < 1.29 is 18.3 Å². The number of pyridine rings is 1. The number of hydrogen-bond donors (Lipinski definition) is 2. The second-order valence-corrected chi connectivity index (χ2v) is 8.36. The Labute approximate surface area is 211 Å². The Hall–Kier alpha value is -4.79. The Morgan fingerprint density at radius 1 is 1.03 bits per heavy atom. The monoisotopic (exact) mass is 499 g/mol. The number of aryl methyl sites for hydroxylation is 1. The lowest BCUT2D eigenvalue weighted by Crippen LogP contribution is -2.17. The van der Waals surface area contributed by atoms with E-state index in [2.05, 4.69) is 20.7 Å². The zero-order chi connectivity index (χ0) is 25.9. The van der Waals surface area contributed by atoms with Crippen molar-refractivity contribution in [3.8, 4) is 11.4 Å². The Morgan fingerprint density at radius 3 is 2.49 bits per heavy atom. The Kier molecular flexibility index (Phi) is 6.51.